The van der Waals surface area contributed by atoms with Crippen molar-refractivity contribution in [3.8, 4) is 6.07 Å². The summed E-state index contributed by atoms with van der Waals surface area (Å²) in [4.78, 5) is 18.0. The zero-order chi connectivity index (χ0) is 12.3. The fraction of sp³-hybridized carbons (Fsp3) is 0.417. The topological polar surface area (TPSA) is 57.0 Å². The predicted octanol–water partition coefficient (Wildman–Crippen LogP) is 2.22. The number of rotatable bonds is 1. The van der Waals surface area contributed by atoms with Crippen molar-refractivity contribution in [2.45, 2.75) is 12.8 Å². The van der Waals surface area contributed by atoms with Gasteiger partial charge >= 0.3 is 0 Å². The molecule has 0 saturated carbocycles. The lowest BCUT2D eigenvalue weighted by Gasteiger charge is -2.29. The monoisotopic (exact) mass is 293 g/mol. The standard InChI is InChI=1S/C12H12BrN3O/c13-10-4-1-5-15-11(10)12(17)16-6-2-3-9(7-14)8-16/h1,4-5,9H,2-3,6,8H2. The van der Waals surface area contributed by atoms with Gasteiger partial charge in [0.15, 0.2) is 0 Å². The van der Waals surface area contributed by atoms with Gasteiger partial charge in [-0.1, -0.05) is 0 Å². The molecule has 1 aliphatic heterocycles. The lowest BCUT2D eigenvalue weighted by atomic mass is 9.99. The summed E-state index contributed by atoms with van der Waals surface area (Å²) >= 11 is 3.32. The minimum Gasteiger partial charge on any atom is -0.336 e. The van der Waals surface area contributed by atoms with Crippen LogP contribution in [0.3, 0.4) is 0 Å². The molecule has 1 amide bonds. The van der Waals surface area contributed by atoms with Gasteiger partial charge in [-0.15, -0.1) is 0 Å². The number of carbonyl (C=O) groups excluding carboxylic acids is 1. The van der Waals surface area contributed by atoms with Gasteiger partial charge in [-0.05, 0) is 40.9 Å². The van der Waals surface area contributed by atoms with E-state index < -0.39 is 0 Å². The van der Waals surface area contributed by atoms with Crippen LogP contribution in [0.25, 0.3) is 0 Å². The van der Waals surface area contributed by atoms with Gasteiger partial charge in [0.1, 0.15) is 5.69 Å². The van der Waals surface area contributed by atoms with E-state index in [0.717, 1.165) is 12.8 Å². The van der Waals surface area contributed by atoms with Crippen molar-refractivity contribution in [1.29, 1.82) is 5.26 Å². The third kappa shape index (κ3) is 2.64. The zero-order valence-electron chi connectivity index (χ0n) is 9.27. The number of piperidine rings is 1. The van der Waals surface area contributed by atoms with E-state index in [4.69, 9.17) is 5.26 Å². The van der Waals surface area contributed by atoms with Crippen LogP contribution in [-0.4, -0.2) is 28.9 Å². The van der Waals surface area contributed by atoms with E-state index >= 15 is 0 Å². The molecular weight excluding hydrogens is 282 g/mol. The molecule has 0 radical (unpaired) electrons. The summed E-state index contributed by atoms with van der Waals surface area (Å²) in [5.41, 5.74) is 0.422. The van der Waals surface area contributed by atoms with E-state index in [2.05, 4.69) is 27.0 Å². The Morgan fingerprint density at radius 3 is 3.18 bits per heavy atom. The summed E-state index contributed by atoms with van der Waals surface area (Å²) in [5.74, 6) is -0.146. The van der Waals surface area contributed by atoms with Gasteiger partial charge in [0.25, 0.3) is 5.91 Å². The maximum Gasteiger partial charge on any atom is 0.273 e. The number of pyridine rings is 1. The number of nitrogens with zero attached hydrogens (tertiary/aromatic N) is 3. The van der Waals surface area contributed by atoms with Crippen molar-refractivity contribution in [3.05, 3.63) is 28.5 Å². The number of hydrogen-bond donors (Lipinski definition) is 0. The Morgan fingerprint density at radius 1 is 1.65 bits per heavy atom. The summed E-state index contributed by atoms with van der Waals surface area (Å²) in [5, 5.41) is 8.90. The van der Waals surface area contributed by atoms with Crippen molar-refractivity contribution in [3.63, 3.8) is 0 Å². The first-order chi connectivity index (χ1) is 8.22. The average molecular weight is 294 g/mol. The molecule has 1 unspecified atom stereocenters. The average Bonchev–Trinajstić information content (AvgIpc) is 2.38. The van der Waals surface area contributed by atoms with Crippen LogP contribution >= 0.6 is 15.9 Å². The maximum atomic E-state index is 12.2. The second-order valence-corrected chi connectivity index (χ2v) is 4.91. The minimum atomic E-state index is -0.0996. The Balaban J connectivity index is 2.16. The third-order valence-electron chi connectivity index (χ3n) is 2.85. The van der Waals surface area contributed by atoms with E-state index in [1.165, 1.54) is 0 Å². The molecule has 17 heavy (non-hydrogen) atoms. The number of carbonyl (C=O) groups is 1. The highest BCUT2D eigenvalue weighted by molar-refractivity contribution is 9.10. The van der Waals surface area contributed by atoms with Gasteiger partial charge in [-0.2, -0.15) is 5.26 Å². The van der Waals surface area contributed by atoms with Crippen LogP contribution in [0.5, 0.6) is 0 Å². The molecule has 1 aliphatic rings. The number of halogens is 1. The summed E-state index contributed by atoms with van der Waals surface area (Å²) < 4.78 is 0.698. The summed E-state index contributed by atoms with van der Waals surface area (Å²) in [6, 6.07) is 5.80. The largest absolute Gasteiger partial charge is 0.336 e. The predicted molar refractivity (Wildman–Crippen MR) is 66.2 cm³/mol. The van der Waals surface area contributed by atoms with Crippen molar-refractivity contribution in [2.24, 2.45) is 5.92 Å². The maximum absolute atomic E-state index is 12.2. The number of likely N-dealkylation sites (tertiary alicyclic amines) is 1. The molecule has 4 nitrogen and oxygen atoms in total. The van der Waals surface area contributed by atoms with Crippen LogP contribution < -0.4 is 0 Å². The SMILES string of the molecule is N#CC1CCCN(C(=O)c2ncccc2Br)C1. The van der Waals surface area contributed by atoms with Crippen LogP contribution in [-0.2, 0) is 0 Å². The molecule has 0 bridgehead atoms. The molecular formula is C12H12BrN3O. The highest BCUT2D eigenvalue weighted by Gasteiger charge is 2.25. The Kier molecular flexibility index (Phi) is 3.75. The first kappa shape index (κ1) is 12.1. The Hall–Kier alpha value is -1.41. The van der Waals surface area contributed by atoms with Crippen LogP contribution in [0.1, 0.15) is 23.3 Å². The van der Waals surface area contributed by atoms with Gasteiger partial charge in [0, 0.05) is 23.8 Å². The van der Waals surface area contributed by atoms with E-state index in [1.54, 1.807) is 23.2 Å². The first-order valence-electron chi connectivity index (χ1n) is 5.52. The number of aromatic nitrogens is 1. The number of nitriles is 1. The highest BCUT2D eigenvalue weighted by Crippen LogP contribution is 2.20. The lowest BCUT2D eigenvalue weighted by molar-refractivity contribution is 0.0692. The minimum absolute atomic E-state index is 0.0461. The molecule has 0 spiro atoms. The van der Waals surface area contributed by atoms with Crippen molar-refractivity contribution < 1.29 is 4.79 Å². The normalized spacial score (nSPS) is 19.8. The second kappa shape index (κ2) is 5.28. The van der Waals surface area contributed by atoms with E-state index in [9.17, 15) is 4.79 Å². The van der Waals surface area contributed by atoms with Crippen molar-refractivity contribution in [2.75, 3.05) is 13.1 Å². The molecule has 2 rings (SSSR count). The van der Waals surface area contributed by atoms with Gasteiger partial charge in [-0.25, -0.2) is 4.98 Å². The second-order valence-electron chi connectivity index (χ2n) is 4.05. The fourth-order valence-corrected chi connectivity index (χ4v) is 2.38. The molecule has 0 aromatic carbocycles. The van der Waals surface area contributed by atoms with Gasteiger partial charge < -0.3 is 4.90 Å². The Morgan fingerprint density at radius 2 is 2.47 bits per heavy atom. The van der Waals surface area contributed by atoms with Gasteiger partial charge in [0.05, 0.1) is 12.0 Å². The molecule has 88 valence electrons. The van der Waals surface area contributed by atoms with Gasteiger partial charge in [-0.3, -0.25) is 4.79 Å². The third-order valence-corrected chi connectivity index (χ3v) is 3.49. The quantitative estimate of drug-likeness (QED) is 0.798. The van der Waals surface area contributed by atoms with E-state index in [1.807, 2.05) is 0 Å². The summed E-state index contributed by atoms with van der Waals surface area (Å²) in [7, 11) is 0. The molecule has 1 aromatic rings. The van der Waals surface area contributed by atoms with E-state index in [-0.39, 0.29) is 11.8 Å². The van der Waals surface area contributed by atoms with E-state index in [0.29, 0.717) is 23.3 Å². The van der Waals surface area contributed by atoms with Gasteiger partial charge in [0.2, 0.25) is 0 Å². The van der Waals surface area contributed by atoms with Crippen LogP contribution in [0.15, 0.2) is 22.8 Å². The van der Waals surface area contributed by atoms with Crippen LogP contribution in [0, 0.1) is 17.2 Å². The lowest BCUT2D eigenvalue weighted by Crippen LogP contribution is -2.40. The number of amides is 1. The molecule has 0 N–H and O–H groups in total. The van der Waals surface area contributed by atoms with Crippen LogP contribution in [0.2, 0.25) is 0 Å². The molecule has 5 heteroatoms. The molecule has 1 fully saturated rings. The summed E-state index contributed by atoms with van der Waals surface area (Å²) in [6.45, 7) is 1.22. The molecule has 1 saturated heterocycles. The zero-order valence-corrected chi connectivity index (χ0v) is 10.9. The van der Waals surface area contributed by atoms with Crippen LogP contribution in [0.4, 0.5) is 0 Å². The Bertz CT molecular complexity index is 469. The summed E-state index contributed by atoms with van der Waals surface area (Å²) in [6.07, 6.45) is 3.36. The van der Waals surface area contributed by atoms with Crippen molar-refractivity contribution in [1.82, 2.24) is 9.88 Å². The van der Waals surface area contributed by atoms with Crippen molar-refractivity contribution >= 4 is 21.8 Å². The molecule has 0 aliphatic carbocycles. The Labute approximate surface area is 108 Å². The molecule has 1 atom stereocenters. The number of hydrogen-bond acceptors (Lipinski definition) is 3. The first-order valence-corrected chi connectivity index (χ1v) is 6.31. The highest BCUT2D eigenvalue weighted by atomic mass is 79.9. The molecule has 1 aromatic heterocycles. The smallest absolute Gasteiger partial charge is 0.273 e. The fourth-order valence-electron chi connectivity index (χ4n) is 1.96. The molecule has 2 heterocycles.